The molecule has 0 unspecified atom stereocenters. The summed E-state index contributed by atoms with van der Waals surface area (Å²) in [5.41, 5.74) is 1.89. The minimum absolute atomic E-state index is 0.198. The number of carbonyl (C=O) groups is 1. The summed E-state index contributed by atoms with van der Waals surface area (Å²) in [6, 6.07) is 7.63. The zero-order valence-corrected chi connectivity index (χ0v) is 15.0. The van der Waals surface area contributed by atoms with Gasteiger partial charge in [0.05, 0.1) is 11.1 Å². The van der Waals surface area contributed by atoms with Crippen LogP contribution in [0.15, 0.2) is 28.8 Å². The third-order valence-electron chi connectivity index (χ3n) is 5.04. The van der Waals surface area contributed by atoms with E-state index in [0.29, 0.717) is 24.6 Å². The first-order chi connectivity index (χ1) is 12.7. The number of hydrogen-bond donors (Lipinski definition) is 1. The van der Waals surface area contributed by atoms with E-state index in [1.54, 1.807) is 0 Å². The minimum Gasteiger partial charge on any atom is -0.488 e. The molecule has 1 N–H and O–H groups in total. The van der Waals surface area contributed by atoms with Crippen molar-refractivity contribution in [1.82, 2.24) is 20.3 Å². The second-order valence-corrected chi connectivity index (χ2v) is 6.88. The number of amides is 1. The molecule has 1 fully saturated rings. The summed E-state index contributed by atoms with van der Waals surface area (Å²) in [5.74, 6) is 1.20. The van der Waals surface area contributed by atoms with Crippen molar-refractivity contribution in [3.8, 4) is 17.1 Å². The van der Waals surface area contributed by atoms with Crippen LogP contribution in [-0.2, 0) is 6.61 Å². The molecule has 2 aromatic rings. The normalized spacial score (nSPS) is 17.3. The number of benzene rings is 1. The number of para-hydroxylation sites is 1. The summed E-state index contributed by atoms with van der Waals surface area (Å²) in [6.45, 7) is 6.35. The van der Waals surface area contributed by atoms with E-state index in [1.165, 1.54) is 0 Å². The monoisotopic (exact) mass is 356 g/mol. The minimum atomic E-state index is -0.198. The van der Waals surface area contributed by atoms with Gasteiger partial charge >= 0.3 is 0 Å². The quantitative estimate of drug-likeness (QED) is 0.821. The number of ether oxygens (including phenoxy) is 1. The zero-order valence-electron chi connectivity index (χ0n) is 15.0. The predicted molar refractivity (Wildman–Crippen MR) is 97.2 cm³/mol. The van der Waals surface area contributed by atoms with Gasteiger partial charge in [-0.1, -0.05) is 17.3 Å². The van der Waals surface area contributed by atoms with E-state index in [0.717, 1.165) is 56.0 Å². The number of nitrogens with zero attached hydrogens (tertiary/aromatic N) is 3. The van der Waals surface area contributed by atoms with Crippen LogP contribution in [0.4, 0.5) is 0 Å². The van der Waals surface area contributed by atoms with Crippen LogP contribution in [0.1, 0.15) is 22.5 Å². The van der Waals surface area contributed by atoms with E-state index in [4.69, 9.17) is 9.26 Å². The number of aromatic nitrogens is 1. The number of nitrogens with one attached hydrogen (secondary N) is 1. The lowest BCUT2D eigenvalue weighted by molar-refractivity contribution is 0.0938. The summed E-state index contributed by atoms with van der Waals surface area (Å²) in [6.07, 6.45) is 0.925. The topological polar surface area (TPSA) is 70.8 Å². The molecule has 2 aliphatic heterocycles. The lowest BCUT2D eigenvalue weighted by Crippen LogP contribution is -2.45. The maximum absolute atomic E-state index is 12.5. The maximum atomic E-state index is 12.5. The van der Waals surface area contributed by atoms with Crippen LogP contribution in [0.5, 0.6) is 5.75 Å². The van der Waals surface area contributed by atoms with E-state index >= 15 is 0 Å². The molecule has 7 heteroatoms. The second-order valence-electron chi connectivity index (χ2n) is 6.88. The number of likely N-dealkylation sites (N-methyl/N-ethyl adjacent to an activating group) is 1. The van der Waals surface area contributed by atoms with E-state index in [9.17, 15) is 4.79 Å². The molecule has 0 radical (unpaired) electrons. The van der Waals surface area contributed by atoms with Gasteiger partial charge in [-0.2, -0.15) is 0 Å². The van der Waals surface area contributed by atoms with Gasteiger partial charge in [0, 0.05) is 32.7 Å². The van der Waals surface area contributed by atoms with Crippen molar-refractivity contribution in [2.75, 3.05) is 46.3 Å². The van der Waals surface area contributed by atoms with Crippen molar-refractivity contribution >= 4 is 5.91 Å². The molecular formula is C19H24N4O3. The standard InChI is InChI=1S/C19H24N4O3/c1-22-9-11-23(12-10-22)8-4-7-20-19(24)17-15-13-25-16-6-3-2-5-14(16)18(15)26-21-17/h2-3,5-6H,4,7-13H2,1H3,(H,20,24). The van der Waals surface area contributed by atoms with Gasteiger partial charge < -0.3 is 24.4 Å². The van der Waals surface area contributed by atoms with Gasteiger partial charge in [0.25, 0.3) is 5.91 Å². The molecule has 0 spiro atoms. The average molecular weight is 356 g/mol. The molecular weight excluding hydrogens is 332 g/mol. The van der Waals surface area contributed by atoms with Gasteiger partial charge in [-0.15, -0.1) is 0 Å². The van der Waals surface area contributed by atoms with Gasteiger partial charge in [-0.05, 0) is 32.1 Å². The van der Waals surface area contributed by atoms with Crippen molar-refractivity contribution in [2.45, 2.75) is 13.0 Å². The lowest BCUT2D eigenvalue weighted by atomic mass is 10.0. The smallest absolute Gasteiger partial charge is 0.273 e. The van der Waals surface area contributed by atoms with E-state index in [1.807, 2.05) is 24.3 Å². The van der Waals surface area contributed by atoms with E-state index < -0.39 is 0 Å². The first-order valence-corrected chi connectivity index (χ1v) is 9.12. The van der Waals surface area contributed by atoms with E-state index in [2.05, 4.69) is 27.3 Å². The summed E-state index contributed by atoms with van der Waals surface area (Å²) in [7, 11) is 2.15. The molecule has 4 rings (SSSR count). The van der Waals surface area contributed by atoms with Crippen molar-refractivity contribution < 1.29 is 14.1 Å². The Hall–Kier alpha value is -2.38. The second kappa shape index (κ2) is 7.47. The van der Waals surface area contributed by atoms with Gasteiger partial charge in [0.15, 0.2) is 11.5 Å². The first kappa shape index (κ1) is 17.1. The number of rotatable bonds is 5. The molecule has 1 aromatic carbocycles. The van der Waals surface area contributed by atoms with Crippen LogP contribution in [0, 0.1) is 0 Å². The Bertz CT molecular complexity index is 781. The van der Waals surface area contributed by atoms with Crippen molar-refractivity contribution in [1.29, 1.82) is 0 Å². The highest BCUT2D eigenvalue weighted by atomic mass is 16.5. The van der Waals surface area contributed by atoms with E-state index in [-0.39, 0.29) is 5.91 Å². The average Bonchev–Trinajstić information content (AvgIpc) is 3.11. The van der Waals surface area contributed by atoms with Gasteiger partial charge in [-0.3, -0.25) is 4.79 Å². The highest BCUT2D eigenvalue weighted by Crippen LogP contribution is 2.38. The SMILES string of the molecule is CN1CCN(CCCNC(=O)c2noc3c2COc2ccccc2-3)CC1. The fraction of sp³-hybridized carbons (Fsp3) is 0.474. The Balaban J connectivity index is 1.32. The van der Waals surface area contributed by atoms with Crippen LogP contribution in [-0.4, -0.2) is 67.2 Å². The Morgan fingerprint density at radius 2 is 2.04 bits per heavy atom. The van der Waals surface area contributed by atoms with Gasteiger partial charge in [-0.25, -0.2) is 0 Å². The van der Waals surface area contributed by atoms with Crippen molar-refractivity contribution in [3.63, 3.8) is 0 Å². The molecule has 1 saturated heterocycles. The third-order valence-corrected chi connectivity index (χ3v) is 5.04. The predicted octanol–water partition coefficient (Wildman–Crippen LogP) is 1.60. The highest BCUT2D eigenvalue weighted by molar-refractivity contribution is 5.95. The molecule has 0 bridgehead atoms. The summed E-state index contributed by atoms with van der Waals surface area (Å²) in [4.78, 5) is 17.3. The van der Waals surface area contributed by atoms with Crippen LogP contribution in [0.25, 0.3) is 11.3 Å². The fourth-order valence-electron chi connectivity index (χ4n) is 3.42. The Kier molecular flexibility index (Phi) is 4.90. The van der Waals surface area contributed by atoms with Crippen LogP contribution in [0.3, 0.4) is 0 Å². The van der Waals surface area contributed by atoms with Crippen LogP contribution >= 0.6 is 0 Å². The number of hydrogen-bond acceptors (Lipinski definition) is 6. The maximum Gasteiger partial charge on any atom is 0.273 e. The number of carbonyl (C=O) groups excluding carboxylic acids is 1. The molecule has 1 amide bonds. The fourth-order valence-corrected chi connectivity index (χ4v) is 3.42. The van der Waals surface area contributed by atoms with Gasteiger partial charge in [0.1, 0.15) is 12.4 Å². The molecule has 7 nitrogen and oxygen atoms in total. The molecule has 138 valence electrons. The highest BCUT2D eigenvalue weighted by Gasteiger charge is 2.28. The molecule has 2 aliphatic rings. The molecule has 0 atom stereocenters. The lowest BCUT2D eigenvalue weighted by Gasteiger charge is -2.32. The summed E-state index contributed by atoms with van der Waals surface area (Å²) in [5, 5.41) is 6.94. The Morgan fingerprint density at radius 1 is 1.23 bits per heavy atom. The van der Waals surface area contributed by atoms with Crippen molar-refractivity contribution in [3.05, 3.63) is 35.5 Å². The van der Waals surface area contributed by atoms with Crippen LogP contribution < -0.4 is 10.1 Å². The molecule has 0 aliphatic carbocycles. The molecule has 26 heavy (non-hydrogen) atoms. The number of piperazine rings is 1. The van der Waals surface area contributed by atoms with Crippen molar-refractivity contribution in [2.24, 2.45) is 0 Å². The molecule has 0 saturated carbocycles. The largest absolute Gasteiger partial charge is 0.488 e. The summed E-state index contributed by atoms with van der Waals surface area (Å²) >= 11 is 0. The molecule has 3 heterocycles. The first-order valence-electron chi connectivity index (χ1n) is 9.12. The zero-order chi connectivity index (χ0) is 17.9. The van der Waals surface area contributed by atoms with Crippen LogP contribution in [0.2, 0.25) is 0 Å². The Morgan fingerprint density at radius 3 is 2.88 bits per heavy atom. The Labute approximate surface area is 152 Å². The molecule has 1 aromatic heterocycles. The number of fused-ring (bicyclic) bond motifs is 3. The van der Waals surface area contributed by atoms with Gasteiger partial charge in [0.2, 0.25) is 0 Å². The third kappa shape index (κ3) is 3.45. The summed E-state index contributed by atoms with van der Waals surface area (Å²) < 4.78 is 11.2.